The summed E-state index contributed by atoms with van der Waals surface area (Å²) in [5, 5.41) is 76.4. The zero-order valence-electron chi connectivity index (χ0n) is 13.9. The minimum atomic E-state index is -1.72. The van der Waals surface area contributed by atoms with Gasteiger partial charge in [0.1, 0.15) is 48.8 Å². The fraction of sp³-hybridized carbons (Fsp3) is 1.00. The summed E-state index contributed by atoms with van der Waals surface area (Å²) in [6.07, 6.45) is -15.6. The molecule has 0 bridgehead atoms. The van der Waals surface area contributed by atoms with Crippen molar-refractivity contribution in [1.82, 2.24) is 0 Å². The number of rotatable bonds is 4. The zero-order chi connectivity index (χ0) is 17.3. The van der Waals surface area contributed by atoms with Crippen LogP contribution in [-0.2, 0) is 14.2 Å². The van der Waals surface area contributed by atoms with Crippen molar-refractivity contribution in [3.8, 4) is 0 Å². The Morgan fingerprint density at radius 3 is 1.11 bits per heavy atom. The summed E-state index contributed by atoms with van der Waals surface area (Å²) in [6, 6.07) is 0. The van der Waals surface area contributed by atoms with Gasteiger partial charge in [-0.05, 0) is 0 Å². The van der Waals surface area contributed by atoms with Gasteiger partial charge < -0.3 is 71.5 Å². The van der Waals surface area contributed by atoms with E-state index in [0.29, 0.717) is 0 Å². The van der Waals surface area contributed by atoms with E-state index in [1.807, 2.05) is 0 Å². The molecule has 0 spiro atoms. The maximum Gasteiger partial charge on any atom is 3.00 e. The van der Waals surface area contributed by atoms with Crippen molar-refractivity contribution in [1.29, 1.82) is 0 Å². The predicted molar refractivity (Wildman–Crippen MR) is 80.2 cm³/mol. The van der Waals surface area contributed by atoms with E-state index < -0.39 is 74.6 Å². The molecule has 0 amide bonds. The molecule has 2 saturated heterocycles. The monoisotopic (exact) mass is 420 g/mol. The van der Waals surface area contributed by atoms with Crippen molar-refractivity contribution in [3.05, 3.63) is 0 Å². The van der Waals surface area contributed by atoms with Crippen LogP contribution in [0.4, 0.5) is 0 Å². The second-order valence-corrected chi connectivity index (χ2v) is 5.53. The van der Waals surface area contributed by atoms with Crippen LogP contribution < -0.4 is 0 Å². The average molecular weight is 420 g/mol. The maximum atomic E-state index is 9.84. The van der Waals surface area contributed by atoms with Crippen molar-refractivity contribution in [2.75, 3.05) is 13.2 Å². The molecule has 0 aromatic carbocycles. The molecule has 2 rings (SSSR count). The third-order valence-electron chi connectivity index (χ3n) is 3.97. The van der Waals surface area contributed by atoms with Crippen LogP contribution in [0.15, 0.2) is 0 Å². The molecule has 0 saturated carbocycles. The van der Waals surface area contributed by atoms with E-state index in [-0.39, 0.29) is 33.8 Å². The third kappa shape index (κ3) is 6.49. The molecule has 160 valence electrons. The smallest absolute Gasteiger partial charge is 0.870 e. The fourth-order valence-corrected chi connectivity index (χ4v) is 2.49. The topological polar surface area (TPSA) is 280 Å². The van der Waals surface area contributed by atoms with Gasteiger partial charge in [0, 0.05) is 0 Å². The Balaban J connectivity index is -0.00000144. The van der Waals surface area contributed by atoms with E-state index in [1.165, 1.54) is 0 Å². The van der Waals surface area contributed by atoms with Crippen molar-refractivity contribution >= 4 is 17.4 Å². The first kappa shape index (κ1) is 31.7. The maximum absolute atomic E-state index is 9.84. The van der Waals surface area contributed by atoms with Crippen LogP contribution in [0.5, 0.6) is 0 Å². The minimum Gasteiger partial charge on any atom is -0.870 e. The van der Waals surface area contributed by atoms with Gasteiger partial charge in [-0.2, -0.15) is 0 Å². The summed E-state index contributed by atoms with van der Waals surface area (Å²) in [5.74, 6) is 0. The van der Waals surface area contributed by atoms with Crippen LogP contribution in [0, 0.1) is 0 Å². The van der Waals surface area contributed by atoms with Gasteiger partial charge in [-0.25, -0.2) is 0 Å². The summed E-state index contributed by atoms with van der Waals surface area (Å²) < 4.78 is 15.3. The molecule has 0 aliphatic carbocycles. The van der Waals surface area contributed by atoms with Gasteiger partial charge in [0.05, 0.1) is 13.2 Å². The molecule has 10 atom stereocenters. The van der Waals surface area contributed by atoms with Gasteiger partial charge in [0.25, 0.3) is 0 Å². The van der Waals surface area contributed by atoms with Crippen LogP contribution in [0.3, 0.4) is 0 Å². The quantitative estimate of drug-likeness (QED) is 0.196. The van der Waals surface area contributed by atoms with E-state index in [2.05, 4.69) is 0 Å². The molecule has 27 heavy (non-hydrogen) atoms. The first-order chi connectivity index (χ1) is 10.8. The minimum absolute atomic E-state index is 0. The van der Waals surface area contributed by atoms with Crippen molar-refractivity contribution in [2.24, 2.45) is 0 Å². The molecule has 14 nitrogen and oxygen atoms in total. The van der Waals surface area contributed by atoms with Crippen LogP contribution >= 0.6 is 0 Å². The average Bonchev–Trinajstić information content (AvgIpc) is 2.55. The summed E-state index contributed by atoms with van der Waals surface area (Å²) in [5.41, 5.74) is 0. The summed E-state index contributed by atoms with van der Waals surface area (Å²) in [6.45, 7) is -1.33. The zero-order valence-corrected chi connectivity index (χ0v) is 15.1. The van der Waals surface area contributed by atoms with E-state index in [4.69, 9.17) is 24.4 Å². The SMILES string of the molecule is OC[C@H]1O[C@H](O[C@H]2O[C@H](CO)[C@@H](O)[C@H](O)[C@H]2O)[C@H](O)[C@@H](O)[C@@H]1O.[Al+3].[OH-].[OH-].[OH-]. The van der Waals surface area contributed by atoms with Gasteiger partial charge in [0.2, 0.25) is 0 Å². The standard InChI is InChI=1S/C12H22O11.Al.3H2O/c13-1-3-5(15)7(17)9(19)11(21-3)23-12-10(20)8(18)6(16)4(2-14)22-12;;;;/h3-20H,1-2H2;;3*1H2/q;+3;;;/p-3/t3-,4-,5-,6-,7+,8+,9-,10-,11-,12-;;;;/m1..../s1. The van der Waals surface area contributed by atoms with Crippen molar-refractivity contribution in [3.63, 3.8) is 0 Å². The van der Waals surface area contributed by atoms with E-state index in [0.717, 1.165) is 0 Å². The van der Waals surface area contributed by atoms with Crippen LogP contribution in [0.2, 0.25) is 0 Å². The number of aliphatic hydroxyl groups excluding tert-OH is 8. The van der Waals surface area contributed by atoms with Crippen LogP contribution in [0.1, 0.15) is 0 Å². The number of hydrogen-bond donors (Lipinski definition) is 8. The van der Waals surface area contributed by atoms with Gasteiger partial charge in [0.15, 0.2) is 12.6 Å². The Bertz CT molecular complexity index is 353. The molecule has 15 heteroatoms. The molecule has 0 aromatic heterocycles. The number of ether oxygens (including phenoxy) is 3. The fourth-order valence-electron chi connectivity index (χ4n) is 2.49. The first-order valence-corrected chi connectivity index (χ1v) is 7.08. The van der Waals surface area contributed by atoms with Crippen molar-refractivity contribution < 1.29 is 71.5 Å². The van der Waals surface area contributed by atoms with Crippen LogP contribution in [0.25, 0.3) is 0 Å². The summed E-state index contributed by atoms with van der Waals surface area (Å²) >= 11 is 0. The van der Waals surface area contributed by atoms with Crippen molar-refractivity contribution in [2.45, 2.75) is 61.4 Å². The second-order valence-electron chi connectivity index (χ2n) is 5.53. The Kier molecular flexibility index (Phi) is 15.5. The normalized spacial score (nSPS) is 44.0. The van der Waals surface area contributed by atoms with Gasteiger partial charge in [-0.15, -0.1) is 0 Å². The summed E-state index contributed by atoms with van der Waals surface area (Å²) in [7, 11) is 0. The molecule has 11 N–H and O–H groups in total. The van der Waals surface area contributed by atoms with E-state index in [9.17, 15) is 30.6 Å². The molecule has 0 aromatic rings. The van der Waals surface area contributed by atoms with Gasteiger partial charge in [-0.1, -0.05) is 0 Å². The Labute approximate surface area is 164 Å². The largest absolute Gasteiger partial charge is 3.00 e. The van der Waals surface area contributed by atoms with Crippen LogP contribution in [-0.4, -0.2) is 149 Å². The molecular weight excluding hydrogens is 395 g/mol. The molecular formula is C12H25AlO14. The third-order valence-corrected chi connectivity index (χ3v) is 3.97. The Morgan fingerprint density at radius 1 is 0.556 bits per heavy atom. The summed E-state index contributed by atoms with van der Waals surface area (Å²) in [4.78, 5) is 0. The van der Waals surface area contributed by atoms with Gasteiger partial charge >= 0.3 is 17.4 Å². The molecule has 2 fully saturated rings. The Hall–Kier alpha value is -0.0275. The predicted octanol–water partition coefficient (Wildman–Crippen LogP) is -6.31. The molecule has 0 unspecified atom stereocenters. The Morgan fingerprint density at radius 2 is 0.852 bits per heavy atom. The molecule has 2 aliphatic heterocycles. The van der Waals surface area contributed by atoms with Gasteiger partial charge in [-0.3, -0.25) is 0 Å². The van der Waals surface area contributed by atoms with E-state index >= 15 is 0 Å². The number of hydrogen-bond acceptors (Lipinski definition) is 14. The molecule has 2 heterocycles. The van der Waals surface area contributed by atoms with E-state index in [1.54, 1.807) is 0 Å². The first-order valence-electron chi connectivity index (χ1n) is 7.08. The second kappa shape index (κ2) is 13.2. The number of aliphatic hydroxyl groups is 8. The molecule has 0 radical (unpaired) electrons. The molecule has 2 aliphatic rings.